The summed E-state index contributed by atoms with van der Waals surface area (Å²) in [5, 5.41) is 10.8. The number of non-ortho nitro benzene ring substituents is 1. The summed E-state index contributed by atoms with van der Waals surface area (Å²) in [5.41, 5.74) is 1.34. The van der Waals surface area contributed by atoms with Gasteiger partial charge in [0.15, 0.2) is 5.92 Å². The van der Waals surface area contributed by atoms with E-state index in [4.69, 9.17) is 9.47 Å². The topological polar surface area (TPSA) is 108 Å². The van der Waals surface area contributed by atoms with Gasteiger partial charge in [-0.15, -0.1) is 0 Å². The van der Waals surface area contributed by atoms with Gasteiger partial charge in [0.2, 0.25) is 0 Å². The minimum absolute atomic E-state index is 0.0273. The molecule has 2 aromatic rings. The number of hydrogen-bond donors (Lipinski definition) is 0. The average molecular weight is 412 g/mol. The molecule has 0 spiro atoms. The van der Waals surface area contributed by atoms with Crippen LogP contribution in [0.4, 0.5) is 11.4 Å². The molecule has 8 nitrogen and oxygen atoms in total. The zero-order valence-corrected chi connectivity index (χ0v) is 17.3. The Labute approximate surface area is 174 Å². The van der Waals surface area contributed by atoms with Crippen LogP contribution in [0.2, 0.25) is 0 Å². The Morgan fingerprint density at radius 2 is 1.47 bits per heavy atom. The molecule has 2 rings (SSSR count). The van der Waals surface area contributed by atoms with E-state index in [2.05, 4.69) is 4.99 Å². The number of aliphatic imine (C=N–C) groups is 1. The zero-order valence-electron chi connectivity index (χ0n) is 17.3. The van der Waals surface area contributed by atoms with Crippen LogP contribution in [0.3, 0.4) is 0 Å². The lowest BCUT2D eigenvalue weighted by Gasteiger charge is -2.19. The SMILES string of the molecule is CC(C)OC(=O)C(C(=O)OC(C)C)c1ccccc1N=Cc1ccc([N+](=O)[O-])cc1. The van der Waals surface area contributed by atoms with Crippen molar-refractivity contribution in [2.75, 3.05) is 0 Å². The highest BCUT2D eigenvalue weighted by Gasteiger charge is 2.34. The number of benzene rings is 2. The lowest BCUT2D eigenvalue weighted by Crippen LogP contribution is -2.29. The van der Waals surface area contributed by atoms with Crippen LogP contribution in [-0.4, -0.2) is 35.3 Å². The van der Waals surface area contributed by atoms with Crippen molar-refractivity contribution in [2.45, 2.75) is 45.8 Å². The van der Waals surface area contributed by atoms with Gasteiger partial charge in [0, 0.05) is 23.9 Å². The molecule has 0 aliphatic carbocycles. The molecular formula is C22H24N2O6. The molecule has 0 saturated heterocycles. The van der Waals surface area contributed by atoms with E-state index in [-0.39, 0.29) is 5.69 Å². The number of rotatable bonds is 8. The van der Waals surface area contributed by atoms with Gasteiger partial charge in [-0.2, -0.15) is 0 Å². The molecule has 0 N–H and O–H groups in total. The molecule has 0 fully saturated rings. The number of nitro groups is 1. The van der Waals surface area contributed by atoms with Crippen molar-refractivity contribution in [1.82, 2.24) is 0 Å². The summed E-state index contributed by atoms with van der Waals surface area (Å²) in [4.78, 5) is 40.0. The molecule has 0 radical (unpaired) electrons. The molecule has 0 unspecified atom stereocenters. The Morgan fingerprint density at radius 1 is 0.933 bits per heavy atom. The van der Waals surface area contributed by atoms with E-state index in [0.717, 1.165) is 0 Å². The molecule has 8 heteroatoms. The molecule has 0 amide bonds. The van der Waals surface area contributed by atoms with Gasteiger partial charge in [-0.1, -0.05) is 18.2 Å². The van der Waals surface area contributed by atoms with Crippen LogP contribution in [0.25, 0.3) is 0 Å². The smallest absolute Gasteiger partial charge is 0.325 e. The van der Waals surface area contributed by atoms with Gasteiger partial charge in [0.25, 0.3) is 5.69 Å². The van der Waals surface area contributed by atoms with Gasteiger partial charge in [-0.25, -0.2) is 0 Å². The highest BCUT2D eigenvalue weighted by molar-refractivity contribution is 6.02. The summed E-state index contributed by atoms with van der Waals surface area (Å²) in [6.45, 7) is 6.78. The average Bonchev–Trinajstić information content (AvgIpc) is 2.66. The fraction of sp³-hybridized carbons (Fsp3) is 0.318. The molecule has 0 saturated carbocycles. The van der Waals surface area contributed by atoms with Crippen LogP contribution in [0.15, 0.2) is 53.5 Å². The monoisotopic (exact) mass is 412 g/mol. The van der Waals surface area contributed by atoms with Crippen LogP contribution in [0.5, 0.6) is 0 Å². The Kier molecular flexibility index (Phi) is 7.80. The first kappa shape index (κ1) is 22.7. The number of carbonyl (C=O) groups is 2. The summed E-state index contributed by atoms with van der Waals surface area (Å²) in [7, 11) is 0. The molecular weight excluding hydrogens is 388 g/mol. The second-order valence-electron chi connectivity index (χ2n) is 7.07. The van der Waals surface area contributed by atoms with Crippen LogP contribution >= 0.6 is 0 Å². The Bertz CT molecular complexity index is 913. The Hall–Kier alpha value is -3.55. The number of para-hydroxylation sites is 1. The summed E-state index contributed by atoms with van der Waals surface area (Å²) in [6.07, 6.45) is 0.700. The molecule has 30 heavy (non-hydrogen) atoms. The van der Waals surface area contributed by atoms with E-state index in [1.54, 1.807) is 64.1 Å². The standard InChI is InChI=1S/C22H24N2O6/c1-14(2)29-21(25)20(22(26)30-15(3)4)18-7-5-6-8-19(18)23-13-16-9-11-17(12-10-16)24(27)28/h5-15,20H,1-4H3. The fourth-order valence-corrected chi connectivity index (χ4v) is 2.63. The number of nitrogens with zero attached hydrogens (tertiary/aromatic N) is 2. The minimum atomic E-state index is -1.28. The van der Waals surface area contributed by atoms with Crippen molar-refractivity contribution in [3.63, 3.8) is 0 Å². The van der Waals surface area contributed by atoms with E-state index in [1.807, 2.05) is 0 Å². The number of ether oxygens (including phenoxy) is 2. The summed E-state index contributed by atoms with van der Waals surface area (Å²) < 4.78 is 10.5. The largest absolute Gasteiger partial charge is 0.462 e. The number of hydrogen-bond acceptors (Lipinski definition) is 7. The quantitative estimate of drug-likeness (QED) is 0.210. The van der Waals surface area contributed by atoms with Crippen molar-refractivity contribution in [1.29, 1.82) is 0 Å². The molecule has 158 valence electrons. The Balaban J connectivity index is 2.39. The summed E-state index contributed by atoms with van der Waals surface area (Å²) >= 11 is 0. The third kappa shape index (κ3) is 6.23. The van der Waals surface area contributed by atoms with Crippen molar-refractivity contribution >= 4 is 29.5 Å². The molecule has 2 aromatic carbocycles. The zero-order chi connectivity index (χ0) is 22.3. The van der Waals surface area contributed by atoms with E-state index in [0.29, 0.717) is 16.8 Å². The van der Waals surface area contributed by atoms with Crippen molar-refractivity contribution in [2.24, 2.45) is 4.99 Å². The van der Waals surface area contributed by atoms with Gasteiger partial charge >= 0.3 is 11.9 Å². The molecule has 0 atom stereocenters. The number of esters is 2. The van der Waals surface area contributed by atoms with Crippen molar-refractivity contribution < 1.29 is 24.0 Å². The number of nitro benzene ring substituents is 1. The maximum absolute atomic E-state index is 12.7. The van der Waals surface area contributed by atoms with Crippen LogP contribution in [0.1, 0.15) is 44.7 Å². The van der Waals surface area contributed by atoms with Gasteiger partial charge < -0.3 is 9.47 Å². The first-order valence-corrected chi connectivity index (χ1v) is 9.47. The Morgan fingerprint density at radius 3 is 1.97 bits per heavy atom. The predicted molar refractivity (Wildman–Crippen MR) is 112 cm³/mol. The summed E-state index contributed by atoms with van der Waals surface area (Å²) in [5.74, 6) is -2.71. The molecule has 0 aromatic heterocycles. The van der Waals surface area contributed by atoms with Crippen molar-refractivity contribution in [3.05, 3.63) is 69.8 Å². The van der Waals surface area contributed by atoms with Gasteiger partial charge in [-0.3, -0.25) is 24.7 Å². The molecule has 0 heterocycles. The van der Waals surface area contributed by atoms with Crippen LogP contribution < -0.4 is 0 Å². The summed E-state index contributed by atoms with van der Waals surface area (Å²) in [6, 6.07) is 12.6. The first-order chi connectivity index (χ1) is 14.2. The molecule has 0 aliphatic rings. The van der Waals surface area contributed by atoms with E-state index in [1.165, 1.54) is 18.3 Å². The third-order valence-electron chi connectivity index (χ3n) is 3.88. The lowest BCUT2D eigenvalue weighted by molar-refractivity contribution is -0.384. The second-order valence-corrected chi connectivity index (χ2v) is 7.07. The highest BCUT2D eigenvalue weighted by atomic mass is 16.6. The van der Waals surface area contributed by atoms with Gasteiger partial charge in [-0.05, 0) is 51.5 Å². The van der Waals surface area contributed by atoms with Gasteiger partial charge in [0.05, 0.1) is 22.8 Å². The fourth-order valence-electron chi connectivity index (χ4n) is 2.63. The molecule has 0 bridgehead atoms. The highest BCUT2D eigenvalue weighted by Crippen LogP contribution is 2.30. The van der Waals surface area contributed by atoms with Crippen molar-refractivity contribution in [3.8, 4) is 0 Å². The lowest BCUT2D eigenvalue weighted by atomic mass is 9.97. The third-order valence-corrected chi connectivity index (χ3v) is 3.88. The van der Waals surface area contributed by atoms with Crippen LogP contribution in [0, 0.1) is 10.1 Å². The van der Waals surface area contributed by atoms with Crippen LogP contribution in [-0.2, 0) is 19.1 Å². The first-order valence-electron chi connectivity index (χ1n) is 9.47. The second kappa shape index (κ2) is 10.3. The normalized spacial score (nSPS) is 11.3. The van der Waals surface area contributed by atoms with E-state index < -0.39 is 35.0 Å². The van der Waals surface area contributed by atoms with E-state index >= 15 is 0 Å². The number of carbonyl (C=O) groups excluding carboxylic acids is 2. The van der Waals surface area contributed by atoms with E-state index in [9.17, 15) is 19.7 Å². The van der Waals surface area contributed by atoms with Gasteiger partial charge in [0.1, 0.15) is 0 Å². The minimum Gasteiger partial charge on any atom is -0.462 e. The molecule has 0 aliphatic heterocycles. The maximum Gasteiger partial charge on any atom is 0.325 e. The predicted octanol–water partition coefficient (Wildman–Crippen LogP) is 4.33. The maximum atomic E-state index is 12.7.